The average Bonchev–Trinajstić information content (AvgIpc) is 2.46. The second kappa shape index (κ2) is 6.87. The van der Waals surface area contributed by atoms with E-state index in [-0.39, 0.29) is 12.0 Å². The lowest BCUT2D eigenvalue weighted by atomic mass is 9.88. The summed E-state index contributed by atoms with van der Waals surface area (Å²) in [5, 5.41) is 0. The van der Waals surface area contributed by atoms with Gasteiger partial charge in [0.2, 0.25) is 5.91 Å². The van der Waals surface area contributed by atoms with Gasteiger partial charge in [0.1, 0.15) is 0 Å². The van der Waals surface area contributed by atoms with Crippen LogP contribution in [0.1, 0.15) is 50.3 Å². The van der Waals surface area contributed by atoms with E-state index in [1.54, 1.807) is 0 Å². The van der Waals surface area contributed by atoms with E-state index in [0.29, 0.717) is 5.91 Å². The average molecular weight is 274 g/mol. The summed E-state index contributed by atoms with van der Waals surface area (Å²) < 4.78 is 0. The van der Waals surface area contributed by atoms with Crippen molar-refractivity contribution in [2.24, 2.45) is 5.92 Å². The first-order valence-corrected chi connectivity index (χ1v) is 7.76. The Bertz CT molecular complexity index is 452. The molecule has 1 atom stereocenters. The molecule has 0 aliphatic heterocycles. The van der Waals surface area contributed by atoms with Crippen LogP contribution in [0.5, 0.6) is 0 Å². The molecule has 0 saturated heterocycles. The Morgan fingerprint density at radius 1 is 1.40 bits per heavy atom. The molecule has 1 amide bonds. The van der Waals surface area contributed by atoms with Crippen molar-refractivity contribution in [1.29, 1.82) is 0 Å². The largest absolute Gasteiger partial charge is 0.342 e. The standard InChI is InChI=1S/C17H26N2O/c1-13-9-10-18-16(11-13)12-14(2)19(3)17(20)15-7-5-4-6-8-15/h9-11,14-15H,4-8,12H2,1-3H3/t14-/m0/s1. The van der Waals surface area contributed by atoms with Crippen molar-refractivity contribution in [2.45, 2.75) is 58.4 Å². The molecule has 1 aliphatic rings. The second-order valence-corrected chi connectivity index (χ2v) is 6.16. The maximum absolute atomic E-state index is 12.5. The van der Waals surface area contributed by atoms with Crippen LogP contribution in [0.15, 0.2) is 18.3 Å². The van der Waals surface area contributed by atoms with Crippen LogP contribution >= 0.6 is 0 Å². The zero-order valence-electron chi connectivity index (χ0n) is 12.9. The van der Waals surface area contributed by atoms with Gasteiger partial charge in [0.05, 0.1) is 0 Å². The van der Waals surface area contributed by atoms with Gasteiger partial charge in [0.15, 0.2) is 0 Å². The molecule has 20 heavy (non-hydrogen) atoms. The summed E-state index contributed by atoms with van der Waals surface area (Å²) in [6.07, 6.45) is 8.51. The van der Waals surface area contributed by atoms with Crippen LogP contribution < -0.4 is 0 Å². The van der Waals surface area contributed by atoms with Gasteiger partial charge in [-0.3, -0.25) is 9.78 Å². The number of hydrogen-bond donors (Lipinski definition) is 0. The van der Waals surface area contributed by atoms with E-state index in [9.17, 15) is 4.79 Å². The molecular formula is C17H26N2O. The number of amides is 1. The zero-order chi connectivity index (χ0) is 14.5. The fourth-order valence-corrected chi connectivity index (χ4v) is 3.00. The molecule has 110 valence electrons. The van der Waals surface area contributed by atoms with Crippen LogP contribution in [0, 0.1) is 12.8 Å². The highest BCUT2D eigenvalue weighted by molar-refractivity contribution is 5.79. The summed E-state index contributed by atoms with van der Waals surface area (Å²) in [6.45, 7) is 4.19. The van der Waals surface area contributed by atoms with Gasteiger partial charge in [0.25, 0.3) is 0 Å². The molecule has 1 saturated carbocycles. The summed E-state index contributed by atoms with van der Waals surface area (Å²) in [5.41, 5.74) is 2.30. The van der Waals surface area contributed by atoms with E-state index in [1.807, 2.05) is 24.2 Å². The Balaban J connectivity index is 1.93. The zero-order valence-corrected chi connectivity index (χ0v) is 12.9. The van der Waals surface area contributed by atoms with Gasteiger partial charge in [-0.25, -0.2) is 0 Å². The second-order valence-electron chi connectivity index (χ2n) is 6.16. The van der Waals surface area contributed by atoms with Crippen molar-refractivity contribution in [3.05, 3.63) is 29.6 Å². The highest BCUT2D eigenvalue weighted by atomic mass is 16.2. The van der Waals surface area contributed by atoms with Crippen molar-refractivity contribution >= 4 is 5.91 Å². The molecule has 3 heteroatoms. The lowest BCUT2D eigenvalue weighted by Gasteiger charge is -2.30. The normalized spacial score (nSPS) is 17.8. The number of likely N-dealkylation sites (N-methyl/N-ethyl adjacent to an activating group) is 1. The molecule has 0 N–H and O–H groups in total. The maximum atomic E-state index is 12.5. The monoisotopic (exact) mass is 274 g/mol. The highest BCUT2D eigenvalue weighted by Crippen LogP contribution is 2.25. The Labute approximate surface area is 122 Å². The highest BCUT2D eigenvalue weighted by Gasteiger charge is 2.26. The SMILES string of the molecule is Cc1ccnc(C[C@H](C)N(C)C(=O)C2CCCCC2)c1. The summed E-state index contributed by atoms with van der Waals surface area (Å²) >= 11 is 0. The molecule has 1 aromatic rings. The lowest BCUT2D eigenvalue weighted by Crippen LogP contribution is -2.41. The molecule has 1 aliphatic carbocycles. The van der Waals surface area contributed by atoms with E-state index in [2.05, 4.69) is 24.9 Å². The number of nitrogens with zero attached hydrogens (tertiary/aromatic N) is 2. The number of carbonyl (C=O) groups is 1. The minimum Gasteiger partial charge on any atom is -0.342 e. The van der Waals surface area contributed by atoms with E-state index in [1.165, 1.54) is 24.8 Å². The summed E-state index contributed by atoms with van der Waals surface area (Å²) in [7, 11) is 1.94. The summed E-state index contributed by atoms with van der Waals surface area (Å²) in [6, 6.07) is 4.32. The molecule has 2 rings (SSSR count). The third kappa shape index (κ3) is 3.81. The van der Waals surface area contributed by atoms with Gasteiger partial charge in [-0.15, -0.1) is 0 Å². The van der Waals surface area contributed by atoms with Crippen LogP contribution in [-0.4, -0.2) is 28.9 Å². The van der Waals surface area contributed by atoms with E-state index < -0.39 is 0 Å². The van der Waals surface area contributed by atoms with E-state index in [0.717, 1.165) is 25.0 Å². The molecule has 0 unspecified atom stereocenters. The minimum absolute atomic E-state index is 0.207. The van der Waals surface area contributed by atoms with Gasteiger partial charge in [-0.2, -0.15) is 0 Å². The quantitative estimate of drug-likeness (QED) is 0.843. The number of rotatable bonds is 4. The first-order valence-electron chi connectivity index (χ1n) is 7.76. The molecule has 1 fully saturated rings. The van der Waals surface area contributed by atoms with Gasteiger partial charge in [0, 0.05) is 37.3 Å². The maximum Gasteiger partial charge on any atom is 0.225 e. The van der Waals surface area contributed by atoms with Gasteiger partial charge < -0.3 is 4.90 Å². The lowest BCUT2D eigenvalue weighted by molar-refractivity contribution is -0.137. The van der Waals surface area contributed by atoms with Crippen molar-refractivity contribution in [3.63, 3.8) is 0 Å². The van der Waals surface area contributed by atoms with Crippen LogP contribution in [0.3, 0.4) is 0 Å². The molecule has 1 aromatic heterocycles. The molecule has 3 nitrogen and oxygen atoms in total. The molecule has 1 heterocycles. The molecule has 0 radical (unpaired) electrons. The Hall–Kier alpha value is -1.38. The third-order valence-corrected chi connectivity index (χ3v) is 4.44. The van der Waals surface area contributed by atoms with Crippen molar-refractivity contribution in [3.8, 4) is 0 Å². The predicted octanol–water partition coefficient (Wildman–Crippen LogP) is 3.36. The van der Waals surface area contributed by atoms with E-state index in [4.69, 9.17) is 0 Å². The molecule has 0 bridgehead atoms. The van der Waals surface area contributed by atoms with Crippen molar-refractivity contribution in [1.82, 2.24) is 9.88 Å². The number of aromatic nitrogens is 1. The predicted molar refractivity (Wildman–Crippen MR) is 81.5 cm³/mol. The molecule has 0 aromatic carbocycles. The third-order valence-electron chi connectivity index (χ3n) is 4.44. The molecular weight excluding hydrogens is 248 g/mol. The van der Waals surface area contributed by atoms with Gasteiger partial charge in [-0.05, 0) is 44.4 Å². The van der Waals surface area contributed by atoms with Crippen LogP contribution in [0.2, 0.25) is 0 Å². The summed E-state index contributed by atoms with van der Waals surface area (Å²) in [4.78, 5) is 18.8. The Kier molecular flexibility index (Phi) is 5.16. The summed E-state index contributed by atoms with van der Waals surface area (Å²) in [5.74, 6) is 0.575. The number of pyridine rings is 1. The topological polar surface area (TPSA) is 33.2 Å². The van der Waals surface area contributed by atoms with Crippen LogP contribution in [-0.2, 0) is 11.2 Å². The van der Waals surface area contributed by atoms with Gasteiger partial charge in [-0.1, -0.05) is 19.3 Å². The first-order chi connectivity index (χ1) is 9.58. The van der Waals surface area contributed by atoms with Gasteiger partial charge >= 0.3 is 0 Å². The number of aryl methyl sites for hydroxylation is 1. The smallest absolute Gasteiger partial charge is 0.225 e. The van der Waals surface area contributed by atoms with Crippen molar-refractivity contribution < 1.29 is 4.79 Å². The Morgan fingerprint density at radius 3 is 2.75 bits per heavy atom. The van der Waals surface area contributed by atoms with Crippen LogP contribution in [0.25, 0.3) is 0 Å². The van der Waals surface area contributed by atoms with Crippen LogP contribution in [0.4, 0.5) is 0 Å². The minimum atomic E-state index is 0.207. The molecule has 0 spiro atoms. The first kappa shape index (κ1) is 15.0. The van der Waals surface area contributed by atoms with E-state index >= 15 is 0 Å². The fraction of sp³-hybridized carbons (Fsp3) is 0.647. The van der Waals surface area contributed by atoms with Crippen molar-refractivity contribution in [2.75, 3.05) is 7.05 Å². The fourth-order valence-electron chi connectivity index (χ4n) is 3.00. The number of carbonyl (C=O) groups excluding carboxylic acids is 1. The number of hydrogen-bond acceptors (Lipinski definition) is 2. The Morgan fingerprint density at radius 2 is 2.10 bits per heavy atom.